The first-order chi connectivity index (χ1) is 10.7. The van der Waals surface area contributed by atoms with Gasteiger partial charge in [-0.1, -0.05) is 0 Å². The molecule has 0 radical (unpaired) electrons. The average molecular weight is 316 g/mol. The highest BCUT2D eigenvalue weighted by Gasteiger charge is 2.32. The molecule has 0 bridgehead atoms. The zero-order valence-corrected chi connectivity index (χ0v) is 13.5. The van der Waals surface area contributed by atoms with Gasteiger partial charge in [-0.2, -0.15) is 0 Å². The Morgan fingerprint density at radius 2 is 2.36 bits per heavy atom. The molecule has 1 unspecified atom stereocenters. The van der Waals surface area contributed by atoms with Crippen molar-refractivity contribution in [3.8, 4) is 0 Å². The molecule has 3 heterocycles. The van der Waals surface area contributed by atoms with Crippen LogP contribution >= 0.6 is 11.3 Å². The van der Waals surface area contributed by atoms with Crippen molar-refractivity contribution in [2.24, 2.45) is 7.05 Å². The third-order valence-electron chi connectivity index (χ3n) is 4.62. The number of nitrogens with one attached hydrogen (secondary N) is 1. The molecule has 0 aromatic carbocycles. The lowest BCUT2D eigenvalue weighted by Crippen LogP contribution is -2.49. The van der Waals surface area contributed by atoms with E-state index in [1.807, 2.05) is 22.7 Å². The summed E-state index contributed by atoms with van der Waals surface area (Å²) >= 11 is 1.69. The Bertz CT molecular complexity index is 683. The number of fused-ring (bicyclic) bond motifs is 1. The first kappa shape index (κ1) is 14.0. The minimum Gasteiger partial charge on any atom is -0.336 e. The molecule has 5 nitrogen and oxygen atoms in total. The lowest BCUT2D eigenvalue weighted by atomic mass is 10.1. The van der Waals surface area contributed by atoms with Gasteiger partial charge in [-0.05, 0) is 30.9 Å². The van der Waals surface area contributed by atoms with Gasteiger partial charge in [-0.3, -0.25) is 4.79 Å². The lowest BCUT2D eigenvalue weighted by molar-refractivity contribution is 0.0626. The zero-order valence-electron chi connectivity index (χ0n) is 12.7. The number of hydrogen-bond donors (Lipinski definition) is 1. The average Bonchev–Trinajstić information content (AvgIpc) is 3.21. The largest absolute Gasteiger partial charge is 0.336 e. The Morgan fingerprint density at radius 1 is 1.45 bits per heavy atom. The molecule has 0 spiro atoms. The van der Waals surface area contributed by atoms with E-state index in [0.717, 1.165) is 43.2 Å². The van der Waals surface area contributed by atoms with Gasteiger partial charge in [-0.15, -0.1) is 11.3 Å². The van der Waals surface area contributed by atoms with Crippen LogP contribution in [0.15, 0.2) is 18.5 Å². The van der Waals surface area contributed by atoms with Crippen LogP contribution in [0.1, 0.15) is 38.4 Å². The Hall–Kier alpha value is -1.66. The van der Waals surface area contributed by atoms with E-state index in [1.165, 1.54) is 16.9 Å². The van der Waals surface area contributed by atoms with Crippen LogP contribution in [0, 0.1) is 0 Å². The van der Waals surface area contributed by atoms with Gasteiger partial charge in [0.2, 0.25) is 0 Å². The molecule has 1 N–H and O–H groups in total. The number of imidazole rings is 1. The van der Waals surface area contributed by atoms with Gasteiger partial charge in [0.1, 0.15) is 11.9 Å². The maximum atomic E-state index is 13.0. The molecule has 1 saturated heterocycles. The van der Waals surface area contributed by atoms with E-state index in [0.29, 0.717) is 0 Å². The lowest BCUT2D eigenvalue weighted by Gasteiger charge is -2.35. The fourth-order valence-corrected chi connectivity index (χ4v) is 4.66. The van der Waals surface area contributed by atoms with Crippen molar-refractivity contribution in [1.29, 1.82) is 0 Å². The SMILES string of the molecule is Cn1ccnc1C1CNCCN1C(=O)c1cc2c(s1)CCC2. The molecule has 1 atom stereocenters. The van der Waals surface area contributed by atoms with E-state index < -0.39 is 0 Å². The molecule has 1 aliphatic heterocycles. The predicted octanol–water partition coefficient (Wildman–Crippen LogP) is 1.76. The number of carbonyl (C=O) groups is 1. The number of amides is 1. The maximum absolute atomic E-state index is 13.0. The van der Waals surface area contributed by atoms with Gasteiger partial charge in [-0.25, -0.2) is 4.98 Å². The van der Waals surface area contributed by atoms with Crippen molar-refractivity contribution in [3.63, 3.8) is 0 Å². The summed E-state index contributed by atoms with van der Waals surface area (Å²) < 4.78 is 2.01. The number of nitrogens with zero attached hydrogens (tertiary/aromatic N) is 3. The van der Waals surface area contributed by atoms with Crippen molar-refractivity contribution in [1.82, 2.24) is 19.8 Å². The van der Waals surface area contributed by atoms with E-state index in [1.54, 1.807) is 17.5 Å². The number of hydrogen-bond acceptors (Lipinski definition) is 4. The van der Waals surface area contributed by atoms with E-state index in [9.17, 15) is 4.79 Å². The molecule has 2 aromatic rings. The molecule has 2 aromatic heterocycles. The number of thiophene rings is 1. The van der Waals surface area contributed by atoms with Crippen LogP contribution in [0.3, 0.4) is 0 Å². The second kappa shape index (κ2) is 5.52. The molecular formula is C16H20N4OS. The van der Waals surface area contributed by atoms with Crippen molar-refractivity contribution >= 4 is 17.2 Å². The number of aromatic nitrogens is 2. The molecule has 1 amide bonds. The highest BCUT2D eigenvalue weighted by atomic mass is 32.1. The second-order valence-electron chi connectivity index (χ2n) is 6.03. The van der Waals surface area contributed by atoms with E-state index in [2.05, 4.69) is 16.4 Å². The highest BCUT2D eigenvalue weighted by molar-refractivity contribution is 7.14. The van der Waals surface area contributed by atoms with Crippen LogP contribution in [0.5, 0.6) is 0 Å². The van der Waals surface area contributed by atoms with Gasteiger partial charge < -0.3 is 14.8 Å². The number of aryl methyl sites for hydroxylation is 3. The minimum absolute atomic E-state index is 0.0122. The van der Waals surface area contributed by atoms with Crippen molar-refractivity contribution < 1.29 is 4.79 Å². The Labute approximate surface area is 134 Å². The third-order valence-corrected chi connectivity index (χ3v) is 5.84. The fraction of sp³-hybridized carbons (Fsp3) is 0.500. The fourth-order valence-electron chi connectivity index (χ4n) is 3.45. The summed E-state index contributed by atoms with van der Waals surface area (Å²) in [6, 6.07) is 2.13. The number of piperazine rings is 1. The summed E-state index contributed by atoms with van der Waals surface area (Å²) in [5.74, 6) is 1.11. The van der Waals surface area contributed by atoms with Crippen LogP contribution in [0.2, 0.25) is 0 Å². The highest BCUT2D eigenvalue weighted by Crippen LogP contribution is 2.32. The smallest absolute Gasteiger partial charge is 0.264 e. The van der Waals surface area contributed by atoms with Crippen LogP contribution in [-0.2, 0) is 19.9 Å². The Balaban J connectivity index is 1.63. The molecule has 22 heavy (non-hydrogen) atoms. The monoisotopic (exact) mass is 316 g/mol. The van der Waals surface area contributed by atoms with Gasteiger partial charge in [0.15, 0.2) is 0 Å². The molecule has 1 fully saturated rings. The summed E-state index contributed by atoms with van der Waals surface area (Å²) in [5.41, 5.74) is 1.39. The number of rotatable bonds is 2. The molecule has 116 valence electrons. The van der Waals surface area contributed by atoms with Crippen molar-refractivity contribution in [2.45, 2.75) is 25.3 Å². The summed E-state index contributed by atoms with van der Waals surface area (Å²) in [5, 5.41) is 3.38. The first-order valence-corrected chi connectivity index (χ1v) is 8.66. The molecule has 4 rings (SSSR count). The summed E-state index contributed by atoms with van der Waals surface area (Å²) in [4.78, 5) is 21.7. The standard InChI is InChI=1S/C16H20N4OS/c1-19-7-6-18-15(19)12-10-17-5-8-20(12)16(21)14-9-11-3-2-4-13(11)22-14/h6-7,9,12,17H,2-5,8,10H2,1H3. The third kappa shape index (κ3) is 2.27. The summed E-state index contributed by atoms with van der Waals surface area (Å²) in [6.07, 6.45) is 7.23. The minimum atomic E-state index is 0.0122. The van der Waals surface area contributed by atoms with Crippen LogP contribution < -0.4 is 5.32 Å². The van der Waals surface area contributed by atoms with Gasteiger partial charge in [0.25, 0.3) is 5.91 Å². The molecule has 0 saturated carbocycles. The number of carbonyl (C=O) groups excluding carboxylic acids is 1. The molecule has 2 aliphatic rings. The maximum Gasteiger partial charge on any atom is 0.264 e. The van der Waals surface area contributed by atoms with E-state index >= 15 is 0 Å². The van der Waals surface area contributed by atoms with Gasteiger partial charge in [0, 0.05) is 44.0 Å². The molecule has 6 heteroatoms. The second-order valence-corrected chi connectivity index (χ2v) is 7.16. The normalized spacial score (nSPS) is 21.1. The van der Waals surface area contributed by atoms with Gasteiger partial charge in [0.05, 0.1) is 4.88 Å². The van der Waals surface area contributed by atoms with E-state index in [-0.39, 0.29) is 11.9 Å². The van der Waals surface area contributed by atoms with Crippen LogP contribution in [0.25, 0.3) is 0 Å². The Morgan fingerprint density at radius 3 is 3.14 bits per heavy atom. The van der Waals surface area contributed by atoms with Crippen molar-refractivity contribution in [3.05, 3.63) is 39.6 Å². The van der Waals surface area contributed by atoms with Crippen molar-refractivity contribution in [2.75, 3.05) is 19.6 Å². The summed E-state index contributed by atoms with van der Waals surface area (Å²) in [7, 11) is 1.99. The van der Waals surface area contributed by atoms with E-state index in [4.69, 9.17) is 0 Å². The first-order valence-electron chi connectivity index (χ1n) is 7.84. The molecule has 1 aliphatic carbocycles. The quantitative estimate of drug-likeness (QED) is 0.918. The topological polar surface area (TPSA) is 50.2 Å². The molecular weight excluding hydrogens is 296 g/mol. The predicted molar refractivity (Wildman–Crippen MR) is 86.2 cm³/mol. The zero-order chi connectivity index (χ0) is 15.1. The summed E-state index contributed by atoms with van der Waals surface area (Å²) in [6.45, 7) is 2.35. The van der Waals surface area contributed by atoms with Crippen LogP contribution in [0.4, 0.5) is 0 Å². The van der Waals surface area contributed by atoms with Crippen LogP contribution in [-0.4, -0.2) is 40.0 Å². The Kier molecular flexibility index (Phi) is 3.50. The van der Waals surface area contributed by atoms with Gasteiger partial charge >= 0.3 is 0 Å².